The van der Waals surface area contributed by atoms with Crippen LogP contribution >= 0.6 is 23.7 Å². The molecule has 1 fully saturated rings. The number of nitrogens with one attached hydrogen (secondary N) is 1. The summed E-state index contributed by atoms with van der Waals surface area (Å²) in [4.78, 5) is 16.3. The number of thiophene rings is 1. The predicted octanol–water partition coefficient (Wildman–Crippen LogP) is 4.63. The molecule has 2 heterocycles. The van der Waals surface area contributed by atoms with Gasteiger partial charge in [-0.25, -0.2) is 0 Å². The Hall–Kier alpha value is -0.580. The molecule has 0 radical (unpaired) electrons. The molecule has 1 aliphatic heterocycles. The van der Waals surface area contributed by atoms with Gasteiger partial charge in [-0.05, 0) is 63.1 Å². The Labute approximate surface area is 144 Å². The molecule has 2 rings (SSSR count). The van der Waals surface area contributed by atoms with Gasteiger partial charge in [-0.15, -0.1) is 23.7 Å². The smallest absolute Gasteiger partial charge is 0.241 e. The Morgan fingerprint density at radius 3 is 2.68 bits per heavy atom. The van der Waals surface area contributed by atoms with Crippen LogP contribution in [0.3, 0.4) is 0 Å². The number of halogens is 1. The molecule has 0 aliphatic carbocycles. The summed E-state index contributed by atoms with van der Waals surface area (Å²) in [6.07, 6.45) is 4.53. The lowest BCUT2D eigenvalue weighted by molar-refractivity contribution is -0.123. The second-order valence-corrected chi connectivity index (χ2v) is 7.27. The van der Waals surface area contributed by atoms with E-state index in [1.807, 2.05) is 0 Å². The van der Waals surface area contributed by atoms with Gasteiger partial charge in [0.25, 0.3) is 0 Å². The first-order valence-corrected chi connectivity index (χ1v) is 9.04. The summed E-state index contributed by atoms with van der Waals surface area (Å²) in [5, 5.41) is 5.31. The van der Waals surface area contributed by atoms with Crippen molar-refractivity contribution >= 4 is 35.3 Å². The summed E-state index contributed by atoms with van der Waals surface area (Å²) in [5.41, 5.74) is 2.20. The van der Waals surface area contributed by atoms with Crippen LogP contribution in [-0.4, -0.2) is 29.9 Å². The average molecular weight is 345 g/mol. The van der Waals surface area contributed by atoms with Gasteiger partial charge in [-0.2, -0.15) is 0 Å². The van der Waals surface area contributed by atoms with E-state index in [2.05, 4.69) is 43.3 Å². The number of aryl methyl sites for hydroxylation is 2. The van der Waals surface area contributed by atoms with Crippen LogP contribution in [0, 0.1) is 19.8 Å². The van der Waals surface area contributed by atoms with E-state index in [1.165, 1.54) is 23.3 Å². The van der Waals surface area contributed by atoms with E-state index in [-0.39, 0.29) is 24.4 Å². The number of rotatable bonds is 5. The van der Waals surface area contributed by atoms with Crippen LogP contribution in [0.5, 0.6) is 0 Å². The van der Waals surface area contributed by atoms with Gasteiger partial charge < -0.3 is 5.32 Å². The number of piperidine rings is 1. The molecule has 126 valence electrons. The maximum Gasteiger partial charge on any atom is 0.241 e. The third-order valence-electron chi connectivity index (χ3n) is 4.62. The fourth-order valence-corrected chi connectivity index (χ4v) is 4.05. The highest BCUT2D eigenvalue weighted by Gasteiger charge is 2.32. The van der Waals surface area contributed by atoms with Crippen LogP contribution in [0.1, 0.15) is 50.0 Å². The van der Waals surface area contributed by atoms with Gasteiger partial charge in [0.1, 0.15) is 0 Å². The zero-order chi connectivity index (χ0) is 15.4. The molecule has 0 unspecified atom stereocenters. The predicted molar refractivity (Wildman–Crippen MR) is 98.3 cm³/mol. The Kier molecular flexibility index (Phi) is 7.87. The van der Waals surface area contributed by atoms with E-state index in [0.29, 0.717) is 5.92 Å². The fourth-order valence-electron chi connectivity index (χ4n) is 3.25. The molecule has 1 amide bonds. The number of amides is 1. The van der Waals surface area contributed by atoms with Crippen molar-refractivity contribution in [2.45, 2.75) is 59.4 Å². The van der Waals surface area contributed by atoms with Crippen molar-refractivity contribution in [3.05, 3.63) is 15.8 Å². The van der Waals surface area contributed by atoms with Gasteiger partial charge in [0.15, 0.2) is 0 Å². The number of anilines is 1. The second kappa shape index (κ2) is 8.90. The lowest BCUT2D eigenvalue weighted by Gasteiger charge is -2.38. The van der Waals surface area contributed by atoms with E-state index in [0.717, 1.165) is 31.6 Å². The van der Waals surface area contributed by atoms with E-state index in [9.17, 15) is 4.79 Å². The number of hydrogen-bond acceptors (Lipinski definition) is 3. The average Bonchev–Trinajstić information content (AvgIpc) is 2.79. The Morgan fingerprint density at radius 2 is 2.14 bits per heavy atom. The van der Waals surface area contributed by atoms with Gasteiger partial charge in [0.05, 0.1) is 11.7 Å². The van der Waals surface area contributed by atoms with Crippen LogP contribution in [0.25, 0.3) is 0 Å². The zero-order valence-electron chi connectivity index (χ0n) is 14.1. The molecule has 0 spiro atoms. The minimum Gasteiger partial charge on any atom is -0.323 e. The van der Waals surface area contributed by atoms with Crippen molar-refractivity contribution < 1.29 is 4.79 Å². The highest BCUT2D eigenvalue weighted by Crippen LogP contribution is 2.29. The first-order chi connectivity index (χ1) is 10.1. The lowest BCUT2D eigenvalue weighted by Crippen LogP contribution is -2.49. The van der Waals surface area contributed by atoms with Gasteiger partial charge in [0.2, 0.25) is 5.91 Å². The van der Waals surface area contributed by atoms with Crippen molar-refractivity contribution in [1.82, 2.24) is 4.90 Å². The molecule has 1 aliphatic rings. The fraction of sp³-hybridized carbons (Fsp3) is 0.706. The normalized spacial score (nSPS) is 22.2. The minimum atomic E-state index is 0. The third-order valence-corrected chi connectivity index (χ3v) is 5.65. The number of carbonyl (C=O) groups excluding carboxylic acids is 1. The van der Waals surface area contributed by atoms with Gasteiger partial charge >= 0.3 is 0 Å². The SMILES string of the molecule is CCCN1CC[C@H](CC)C[C@H]1C(=O)Nc1c(C)csc1C.Cl. The van der Waals surface area contributed by atoms with Crippen LogP contribution in [0.2, 0.25) is 0 Å². The minimum absolute atomic E-state index is 0. The summed E-state index contributed by atoms with van der Waals surface area (Å²) in [6, 6.07) is 0.0438. The second-order valence-electron chi connectivity index (χ2n) is 6.19. The number of likely N-dealkylation sites (tertiary alicyclic amines) is 1. The van der Waals surface area contributed by atoms with Crippen LogP contribution in [0.15, 0.2) is 5.38 Å². The Morgan fingerprint density at radius 1 is 1.41 bits per heavy atom. The molecule has 0 bridgehead atoms. The van der Waals surface area contributed by atoms with E-state index in [1.54, 1.807) is 11.3 Å². The van der Waals surface area contributed by atoms with Crippen molar-refractivity contribution in [3.63, 3.8) is 0 Å². The summed E-state index contributed by atoms with van der Waals surface area (Å²) < 4.78 is 0. The molecule has 3 nitrogen and oxygen atoms in total. The molecule has 1 N–H and O–H groups in total. The zero-order valence-corrected chi connectivity index (χ0v) is 15.8. The number of carbonyl (C=O) groups is 1. The summed E-state index contributed by atoms with van der Waals surface area (Å²) in [6.45, 7) is 10.7. The molecule has 22 heavy (non-hydrogen) atoms. The lowest BCUT2D eigenvalue weighted by atomic mass is 9.88. The molecular formula is C17H29ClN2OS. The molecule has 1 aromatic heterocycles. The quantitative estimate of drug-likeness (QED) is 0.844. The standard InChI is InChI=1S/C17H28N2OS.ClH/c1-5-8-19-9-7-14(6-2)10-15(19)17(20)18-16-12(3)11-21-13(16)4;/h11,14-15H,5-10H2,1-4H3,(H,18,20);1H/t14-,15-;/m0./s1. The molecule has 1 aromatic rings. The maximum absolute atomic E-state index is 12.8. The van der Waals surface area contributed by atoms with Crippen molar-refractivity contribution in [2.24, 2.45) is 5.92 Å². The van der Waals surface area contributed by atoms with Gasteiger partial charge in [-0.3, -0.25) is 9.69 Å². The molecule has 0 saturated carbocycles. The Bertz CT molecular complexity index is 470. The largest absolute Gasteiger partial charge is 0.323 e. The van der Waals surface area contributed by atoms with Gasteiger partial charge in [0, 0.05) is 4.88 Å². The van der Waals surface area contributed by atoms with Crippen molar-refractivity contribution in [2.75, 3.05) is 18.4 Å². The summed E-state index contributed by atoms with van der Waals surface area (Å²) in [7, 11) is 0. The van der Waals surface area contributed by atoms with Crippen LogP contribution in [0.4, 0.5) is 5.69 Å². The van der Waals surface area contributed by atoms with Gasteiger partial charge in [-0.1, -0.05) is 20.3 Å². The first kappa shape index (κ1) is 19.5. The summed E-state index contributed by atoms with van der Waals surface area (Å²) >= 11 is 1.71. The van der Waals surface area contributed by atoms with E-state index >= 15 is 0 Å². The number of hydrogen-bond donors (Lipinski definition) is 1. The molecule has 2 atom stereocenters. The molecule has 0 aromatic carbocycles. The topological polar surface area (TPSA) is 32.3 Å². The summed E-state index contributed by atoms with van der Waals surface area (Å²) in [5.74, 6) is 0.879. The maximum atomic E-state index is 12.8. The van der Waals surface area contributed by atoms with Crippen LogP contribution in [-0.2, 0) is 4.79 Å². The molecule has 5 heteroatoms. The molecular weight excluding hydrogens is 316 g/mol. The van der Waals surface area contributed by atoms with Crippen LogP contribution < -0.4 is 5.32 Å². The first-order valence-electron chi connectivity index (χ1n) is 8.16. The highest BCUT2D eigenvalue weighted by atomic mass is 35.5. The van der Waals surface area contributed by atoms with Crippen molar-refractivity contribution in [1.29, 1.82) is 0 Å². The van der Waals surface area contributed by atoms with Crippen molar-refractivity contribution in [3.8, 4) is 0 Å². The van der Waals surface area contributed by atoms with E-state index in [4.69, 9.17) is 0 Å². The van der Waals surface area contributed by atoms with E-state index < -0.39 is 0 Å². The Balaban J connectivity index is 0.00000242. The monoisotopic (exact) mass is 344 g/mol. The third kappa shape index (κ3) is 4.46. The number of nitrogens with zero attached hydrogens (tertiary/aromatic N) is 1. The highest BCUT2D eigenvalue weighted by molar-refractivity contribution is 7.10. The molecule has 1 saturated heterocycles.